The SMILES string of the molecule is Cc1oc(=O)oc1COC(=O)C(COC(=O)CCCCCON(O)O)NC(=O)CCCCCON(O)O. The molecule has 0 aliphatic carbocycles. The second-order valence-corrected chi connectivity index (χ2v) is 7.64. The fraction of sp³-hybridized carbons (Fsp3) is 0.700. The first-order valence-corrected chi connectivity index (χ1v) is 11.4. The van der Waals surface area contributed by atoms with Gasteiger partial charge in [-0.3, -0.25) is 40.1 Å². The largest absolute Gasteiger partial charge is 0.519 e. The summed E-state index contributed by atoms with van der Waals surface area (Å²) < 4.78 is 19.6. The van der Waals surface area contributed by atoms with Gasteiger partial charge in [0.15, 0.2) is 24.2 Å². The highest BCUT2D eigenvalue weighted by Gasteiger charge is 2.25. The smallest absolute Gasteiger partial charge is 0.463 e. The van der Waals surface area contributed by atoms with E-state index in [9.17, 15) is 19.2 Å². The summed E-state index contributed by atoms with van der Waals surface area (Å²) >= 11 is 0. The van der Waals surface area contributed by atoms with E-state index in [0.29, 0.717) is 38.5 Å². The van der Waals surface area contributed by atoms with Gasteiger partial charge < -0.3 is 23.6 Å². The van der Waals surface area contributed by atoms with Crippen LogP contribution >= 0.6 is 0 Å². The van der Waals surface area contributed by atoms with E-state index in [0.717, 1.165) is 0 Å². The predicted octanol–water partition coefficient (Wildman–Crippen LogP) is 0.757. The van der Waals surface area contributed by atoms with Crippen molar-refractivity contribution in [3.05, 3.63) is 22.1 Å². The zero-order chi connectivity index (χ0) is 27.6. The van der Waals surface area contributed by atoms with E-state index < -0.39 is 53.7 Å². The number of nitrogens with zero attached hydrogens (tertiary/aromatic N) is 2. The zero-order valence-corrected chi connectivity index (χ0v) is 20.3. The molecule has 1 unspecified atom stereocenters. The average molecular weight is 539 g/mol. The van der Waals surface area contributed by atoms with Crippen LogP contribution < -0.4 is 11.1 Å². The number of carbonyl (C=O) groups excluding carboxylic acids is 3. The molecule has 1 heterocycles. The van der Waals surface area contributed by atoms with Gasteiger partial charge in [0.1, 0.15) is 6.61 Å². The van der Waals surface area contributed by atoms with Crippen LogP contribution in [0.15, 0.2) is 13.6 Å². The number of aryl methyl sites for hydroxylation is 1. The second-order valence-electron chi connectivity index (χ2n) is 7.64. The van der Waals surface area contributed by atoms with Crippen LogP contribution in [0.5, 0.6) is 0 Å². The Morgan fingerprint density at radius 2 is 1.46 bits per heavy atom. The fourth-order valence-electron chi connectivity index (χ4n) is 2.83. The predicted molar refractivity (Wildman–Crippen MR) is 114 cm³/mol. The van der Waals surface area contributed by atoms with E-state index in [-0.39, 0.29) is 37.6 Å². The van der Waals surface area contributed by atoms with Gasteiger partial charge in [-0.25, -0.2) is 9.59 Å². The normalized spacial score (nSPS) is 12.1. The molecule has 212 valence electrons. The Kier molecular flexibility index (Phi) is 15.9. The molecule has 1 aromatic heterocycles. The van der Waals surface area contributed by atoms with Crippen molar-refractivity contribution in [2.45, 2.75) is 70.9 Å². The lowest BCUT2D eigenvalue weighted by Crippen LogP contribution is -2.45. The van der Waals surface area contributed by atoms with Gasteiger partial charge in [-0.1, -0.05) is 12.8 Å². The minimum absolute atomic E-state index is 0.0121. The van der Waals surface area contributed by atoms with Crippen molar-refractivity contribution < 1.29 is 63.2 Å². The van der Waals surface area contributed by atoms with Gasteiger partial charge in [0, 0.05) is 12.8 Å². The Labute approximate surface area is 210 Å². The maximum atomic E-state index is 12.5. The minimum Gasteiger partial charge on any atom is -0.463 e. The van der Waals surface area contributed by atoms with Gasteiger partial charge in [-0.05, 0) is 32.6 Å². The summed E-state index contributed by atoms with van der Waals surface area (Å²) in [6.07, 6.45) is 2.78. The quantitative estimate of drug-likeness (QED) is 0.0874. The number of hydrogen-bond acceptors (Lipinski definition) is 16. The number of unbranched alkanes of at least 4 members (excludes halogenated alkanes) is 4. The minimum atomic E-state index is -1.33. The number of amides is 1. The van der Waals surface area contributed by atoms with E-state index in [2.05, 4.69) is 19.4 Å². The van der Waals surface area contributed by atoms with Crippen LogP contribution in [0, 0.1) is 6.92 Å². The zero-order valence-electron chi connectivity index (χ0n) is 20.3. The van der Waals surface area contributed by atoms with Gasteiger partial charge in [-0.15, -0.1) is 0 Å². The molecule has 5 N–H and O–H groups in total. The second kappa shape index (κ2) is 18.4. The van der Waals surface area contributed by atoms with Crippen LogP contribution in [0.2, 0.25) is 0 Å². The number of rotatable bonds is 20. The molecule has 17 nitrogen and oxygen atoms in total. The topological polar surface area (TPSA) is 231 Å². The van der Waals surface area contributed by atoms with Crippen molar-refractivity contribution in [1.29, 1.82) is 0 Å². The summed E-state index contributed by atoms with van der Waals surface area (Å²) in [5.74, 6) is -2.93. The number of nitrogens with one attached hydrogen (secondary N) is 1. The molecule has 0 radical (unpaired) electrons. The van der Waals surface area contributed by atoms with Crippen LogP contribution in [0.1, 0.15) is 62.9 Å². The van der Waals surface area contributed by atoms with Crippen molar-refractivity contribution in [3.63, 3.8) is 0 Å². The van der Waals surface area contributed by atoms with E-state index in [1.807, 2.05) is 0 Å². The van der Waals surface area contributed by atoms with Crippen LogP contribution in [0.4, 0.5) is 0 Å². The third-order valence-electron chi connectivity index (χ3n) is 4.70. The van der Waals surface area contributed by atoms with Crippen LogP contribution in [0.3, 0.4) is 0 Å². The number of esters is 2. The summed E-state index contributed by atoms with van der Waals surface area (Å²) in [6, 6.07) is -1.33. The molecule has 0 fully saturated rings. The van der Waals surface area contributed by atoms with Gasteiger partial charge in [0.05, 0.1) is 24.0 Å². The van der Waals surface area contributed by atoms with E-state index >= 15 is 0 Å². The summed E-state index contributed by atoms with van der Waals surface area (Å²) in [5, 5.41) is 35.4. The lowest BCUT2D eigenvalue weighted by molar-refractivity contribution is -0.492. The molecule has 37 heavy (non-hydrogen) atoms. The maximum Gasteiger partial charge on any atom is 0.519 e. The highest BCUT2D eigenvalue weighted by Crippen LogP contribution is 2.09. The van der Waals surface area contributed by atoms with E-state index in [1.165, 1.54) is 6.92 Å². The Bertz CT molecular complexity index is 869. The highest BCUT2D eigenvalue weighted by molar-refractivity contribution is 5.84. The number of carbonyl (C=O) groups is 3. The molecule has 1 aromatic rings. The third kappa shape index (κ3) is 15.7. The maximum absolute atomic E-state index is 12.5. The van der Waals surface area contributed by atoms with Crippen molar-refractivity contribution in [3.8, 4) is 0 Å². The average Bonchev–Trinajstić information content (AvgIpc) is 3.15. The highest BCUT2D eigenvalue weighted by atomic mass is 17.1. The van der Waals surface area contributed by atoms with Crippen molar-refractivity contribution >= 4 is 17.8 Å². The third-order valence-corrected chi connectivity index (χ3v) is 4.70. The van der Waals surface area contributed by atoms with Crippen LogP contribution in [-0.2, 0) is 40.1 Å². The van der Waals surface area contributed by atoms with Crippen molar-refractivity contribution in [2.24, 2.45) is 0 Å². The monoisotopic (exact) mass is 539 g/mol. The summed E-state index contributed by atoms with van der Waals surface area (Å²) in [5.41, 5.74) is 0. The number of ether oxygens (including phenoxy) is 2. The molecule has 0 aliphatic rings. The molecule has 0 spiro atoms. The van der Waals surface area contributed by atoms with E-state index in [1.54, 1.807) is 0 Å². The van der Waals surface area contributed by atoms with Gasteiger partial charge in [0.25, 0.3) is 0 Å². The summed E-state index contributed by atoms with van der Waals surface area (Å²) in [7, 11) is 0. The first kappa shape index (κ1) is 32.1. The van der Waals surface area contributed by atoms with Crippen molar-refractivity contribution in [2.75, 3.05) is 19.8 Å². The first-order chi connectivity index (χ1) is 17.6. The molecular weight excluding hydrogens is 506 g/mol. The molecule has 17 heteroatoms. The van der Waals surface area contributed by atoms with Gasteiger partial charge >= 0.3 is 17.8 Å². The molecular formula is C20H33N3O14. The molecule has 0 saturated heterocycles. The van der Waals surface area contributed by atoms with Gasteiger partial charge in [0.2, 0.25) is 5.91 Å². The lowest BCUT2D eigenvalue weighted by Gasteiger charge is -2.17. The van der Waals surface area contributed by atoms with E-state index in [4.69, 9.17) is 34.7 Å². The number of hydrogen-bond donors (Lipinski definition) is 5. The summed E-state index contributed by atoms with van der Waals surface area (Å²) in [4.78, 5) is 56.8. The van der Waals surface area contributed by atoms with Crippen LogP contribution in [-0.4, -0.2) is 75.3 Å². The standard InChI is InChI=1S/C20H33N3O14/c1-14-16(37-20(27)36-14)13-33-19(26)15(21-17(24)8-4-2-6-10-34-22(28)29)12-32-18(25)9-5-3-7-11-35-23(30)31/h15,28-31H,2-13H2,1H3,(H,21,24). The molecule has 1 amide bonds. The van der Waals surface area contributed by atoms with Crippen molar-refractivity contribution in [1.82, 2.24) is 16.1 Å². The Balaban J connectivity index is 2.51. The van der Waals surface area contributed by atoms with Gasteiger partial charge in [-0.2, -0.15) is 0 Å². The van der Waals surface area contributed by atoms with Crippen LogP contribution in [0.25, 0.3) is 0 Å². The molecule has 1 rings (SSSR count). The Hall–Kier alpha value is -2.90. The molecule has 0 aromatic carbocycles. The molecule has 0 bridgehead atoms. The Morgan fingerprint density at radius 1 is 0.865 bits per heavy atom. The first-order valence-electron chi connectivity index (χ1n) is 11.4. The molecule has 0 aliphatic heterocycles. The summed E-state index contributed by atoms with van der Waals surface area (Å²) in [6.45, 7) is 0.560. The molecule has 0 saturated carbocycles. The Morgan fingerprint density at radius 3 is 2.00 bits per heavy atom. The fourth-order valence-corrected chi connectivity index (χ4v) is 2.83. The molecule has 1 atom stereocenters. The lowest BCUT2D eigenvalue weighted by atomic mass is 10.2.